The zero-order valence-electron chi connectivity index (χ0n) is 28.9. The summed E-state index contributed by atoms with van der Waals surface area (Å²) in [6.45, 7) is 13.8. The lowest BCUT2D eigenvalue weighted by Gasteiger charge is -2.70. The number of hydrogen-bond acceptors (Lipinski definition) is 7. The number of methoxy groups -OCH3 is 1. The van der Waals surface area contributed by atoms with Gasteiger partial charge >= 0.3 is 5.97 Å². The number of phenols is 1. The second-order valence-electron chi connectivity index (χ2n) is 17.5. The maximum absolute atomic E-state index is 12.9. The molecule has 7 nitrogen and oxygen atoms in total. The van der Waals surface area contributed by atoms with Gasteiger partial charge in [-0.25, -0.2) is 4.79 Å². The van der Waals surface area contributed by atoms with E-state index in [4.69, 9.17) is 9.47 Å². The van der Waals surface area contributed by atoms with Gasteiger partial charge in [-0.3, -0.25) is 0 Å². The Hall–Kier alpha value is -2.35. The molecule has 4 N–H and O–H groups in total. The molecule has 1 aromatic carbocycles. The maximum Gasteiger partial charge on any atom is 0.330 e. The van der Waals surface area contributed by atoms with E-state index in [1.807, 2.05) is 6.92 Å². The van der Waals surface area contributed by atoms with Crippen LogP contribution in [-0.2, 0) is 9.53 Å². The van der Waals surface area contributed by atoms with Crippen molar-refractivity contribution in [1.82, 2.24) is 0 Å². The predicted molar refractivity (Wildman–Crippen MR) is 178 cm³/mol. The average molecular weight is 637 g/mol. The van der Waals surface area contributed by atoms with Gasteiger partial charge in [0.1, 0.15) is 0 Å². The molecule has 0 aromatic heterocycles. The summed E-state index contributed by atoms with van der Waals surface area (Å²) in [5, 5.41) is 44.9. The molecular weight excluding hydrogens is 580 g/mol. The topological polar surface area (TPSA) is 116 Å². The van der Waals surface area contributed by atoms with E-state index < -0.39 is 29.7 Å². The Morgan fingerprint density at radius 3 is 2.37 bits per heavy atom. The number of phenolic OH excluding ortho intramolecular Hbond substituents is 1. The van der Waals surface area contributed by atoms with E-state index in [-0.39, 0.29) is 51.3 Å². The van der Waals surface area contributed by atoms with Crippen molar-refractivity contribution < 1.29 is 34.7 Å². The minimum Gasteiger partial charge on any atom is -0.504 e. The van der Waals surface area contributed by atoms with Crippen LogP contribution in [0.2, 0.25) is 0 Å². The first-order valence-corrected chi connectivity index (χ1v) is 17.4. The zero-order chi connectivity index (χ0) is 33.5. The third-order valence-electron chi connectivity index (χ3n) is 14.5. The normalized spacial score (nSPS) is 44.7. The Balaban J connectivity index is 1.24. The number of benzene rings is 1. The van der Waals surface area contributed by atoms with Crippen LogP contribution in [-0.4, -0.2) is 58.4 Å². The van der Waals surface area contributed by atoms with Gasteiger partial charge in [0.15, 0.2) is 11.5 Å². The second kappa shape index (κ2) is 11.1. The van der Waals surface area contributed by atoms with Gasteiger partial charge < -0.3 is 29.9 Å². The summed E-state index contributed by atoms with van der Waals surface area (Å²) in [6, 6.07) is 4.82. The number of esters is 1. The number of aliphatic hydroxyl groups excluding tert-OH is 3. The summed E-state index contributed by atoms with van der Waals surface area (Å²) in [7, 11) is 1.47. The van der Waals surface area contributed by atoms with Crippen molar-refractivity contribution in [2.45, 2.75) is 118 Å². The molecule has 4 saturated carbocycles. The third-order valence-corrected chi connectivity index (χ3v) is 14.5. The van der Waals surface area contributed by atoms with E-state index in [2.05, 4.69) is 40.7 Å². The SMILES string of the molecule is COc1cc(C=CC(=O)OC[C@@]2(C)[C@@H]3CC[C@]4(C)[C@H](CC=C5[C@@H](O)[C@]6(CCC(C)(C)C6)CC[C@]54C)[C@@]3(C)C[C@@H](O)[C@@H]2O)ccc1O. The molecule has 46 heavy (non-hydrogen) atoms. The minimum atomic E-state index is -1.01. The molecule has 1 aromatic rings. The van der Waals surface area contributed by atoms with Gasteiger partial charge in [0, 0.05) is 16.9 Å². The average Bonchev–Trinajstić information content (AvgIpc) is 3.32. The van der Waals surface area contributed by atoms with Crippen molar-refractivity contribution in [1.29, 1.82) is 0 Å². The maximum atomic E-state index is 12.9. The van der Waals surface area contributed by atoms with E-state index in [1.165, 1.54) is 31.2 Å². The molecule has 7 heteroatoms. The first-order chi connectivity index (χ1) is 21.4. The Morgan fingerprint density at radius 1 is 0.978 bits per heavy atom. The Labute approximate surface area is 275 Å². The molecule has 6 rings (SSSR count). The van der Waals surface area contributed by atoms with Crippen molar-refractivity contribution in [3.05, 3.63) is 41.5 Å². The summed E-state index contributed by atoms with van der Waals surface area (Å²) in [5.41, 5.74) is 0.877. The number of carbonyl (C=O) groups excluding carboxylic acids is 1. The van der Waals surface area contributed by atoms with Gasteiger partial charge in [-0.05, 0) is 121 Å². The molecule has 5 aliphatic rings. The largest absolute Gasteiger partial charge is 0.504 e. The van der Waals surface area contributed by atoms with Gasteiger partial charge in [0.2, 0.25) is 0 Å². The lowest BCUT2D eigenvalue weighted by Crippen LogP contribution is -2.68. The standard InChI is InChI=1S/C39H56O7/c1-34(2)16-18-39(22-34)19-17-37(5)25(32(39)43)10-12-30-35(3)21-27(41)33(44)36(4,29(35)14-15-38(30,37)6)23-46-31(42)13-9-24-8-11-26(40)28(20-24)45-7/h8-11,13,20,27,29-30,32-33,40-41,43-44H,12,14-19,21-23H2,1-7H3/t27-,29-,30-,32-,33+,35+,36+,37-,38-,39-/m1/s1. The van der Waals surface area contributed by atoms with E-state index in [9.17, 15) is 25.2 Å². The van der Waals surface area contributed by atoms with E-state index >= 15 is 0 Å². The summed E-state index contributed by atoms with van der Waals surface area (Å²) in [4.78, 5) is 12.9. The fraction of sp³-hybridized carbons (Fsp3) is 0.718. The van der Waals surface area contributed by atoms with Gasteiger partial charge in [0.25, 0.3) is 0 Å². The Bertz CT molecular complexity index is 1430. The number of ether oxygens (including phenoxy) is 2. The number of aromatic hydroxyl groups is 1. The molecule has 0 unspecified atom stereocenters. The molecular formula is C39H56O7. The zero-order valence-corrected chi connectivity index (χ0v) is 28.9. The summed E-state index contributed by atoms with van der Waals surface area (Å²) >= 11 is 0. The van der Waals surface area contributed by atoms with Gasteiger partial charge in [-0.2, -0.15) is 0 Å². The van der Waals surface area contributed by atoms with E-state index in [1.54, 1.807) is 18.2 Å². The molecule has 4 fully saturated rings. The number of hydrogen-bond donors (Lipinski definition) is 4. The fourth-order valence-corrected chi connectivity index (χ4v) is 11.9. The number of fused-ring (bicyclic) bond motifs is 5. The molecule has 5 aliphatic carbocycles. The number of aliphatic hydroxyl groups is 3. The monoisotopic (exact) mass is 636 g/mol. The molecule has 1 spiro atoms. The van der Waals surface area contributed by atoms with Crippen LogP contribution in [0.5, 0.6) is 11.5 Å². The summed E-state index contributed by atoms with van der Waals surface area (Å²) < 4.78 is 11.0. The highest BCUT2D eigenvalue weighted by Gasteiger charge is 2.70. The van der Waals surface area contributed by atoms with Crippen LogP contribution < -0.4 is 4.74 Å². The van der Waals surface area contributed by atoms with Crippen molar-refractivity contribution in [3.63, 3.8) is 0 Å². The molecule has 0 aliphatic heterocycles. The Kier molecular flexibility index (Phi) is 8.09. The molecule has 0 radical (unpaired) electrons. The van der Waals surface area contributed by atoms with Crippen LogP contribution in [0.25, 0.3) is 6.08 Å². The van der Waals surface area contributed by atoms with E-state index in [0.29, 0.717) is 17.7 Å². The number of carbonyl (C=O) groups is 1. The molecule has 0 bridgehead atoms. The van der Waals surface area contributed by atoms with Crippen molar-refractivity contribution in [3.8, 4) is 11.5 Å². The van der Waals surface area contributed by atoms with Gasteiger partial charge in [-0.1, -0.05) is 53.7 Å². The molecule has 0 heterocycles. The van der Waals surface area contributed by atoms with Crippen LogP contribution >= 0.6 is 0 Å². The molecule has 0 amide bonds. The number of allylic oxidation sites excluding steroid dienone is 1. The highest BCUT2D eigenvalue weighted by atomic mass is 16.5. The van der Waals surface area contributed by atoms with Crippen molar-refractivity contribution in [2.75, 3.05) is 13.7 Å². The quantitative estimate of drug-likeness (QED) is 0.159. The lowest BCUT2D eigenvalue weighted by atomic mass is 9.34. The summed E-state index contributed by atoms with van der Waals surface area (Å²) in [5.74, 6) is 0.112. The van der Waals surface area contributed by atoms with Crippen LogP contribution in [0.3, 0.4) is 0 Å². The van der Waals surface area contributed by atoms with Crippen LogP contribution in [0.1, 0.15) is 105 Å². The first kappa shape index (κ1) is 33.5. The van der Waals surface area contributed by atoms with Gasteiger partial charge in [0.05, 0.1) is 32.0 Å². The third kappa shape index (κ3) is 4.89. The predicted octanol–water partition coefficient (Wildman–Crippen LogP) is 6.82. The first-order valence-electron chi connectivity index (χ1n) is 17.4. The second-order valence-corrected chi connectivity index (χ2v) is 17.5. The molecule has 254 valence electrons. The molecule has 10 atom stereocenters. The van der Waals surface area contributed by atoms with Crippen LogP contribution in [0, 0.1) is 44.3 Å². The lowest BCUT2D eigenvalue weighted by molar-refractivity contribution is -0.245. The number of rotatable bonds is 5. The van der Waals surface area contributed by atoms with Gasteiger partial charge in [-0.15, -0.1) is 0 Å². The van der Waals surface area contributed by atoms with Crippen molar-refractivity contribution >= 4 is 12.0 Å². The highest BCUT2D eigenvalue weighted by Crippen LogP contribution is 2.74. The highest BCUT2D eigenvalue weighted by molar-refractivity contribution is 5.87. The van der Waals surface area contributed by atoms with Crippen LogP contribution in [0.4, 0.5) is 0 Å². The molecule has 0 saturated heterocycles. The van der Waals surface area contributed by atoms with Crippen molar-refractivity contribution in [2.24, 2.45) is 44.3 Å². The Morgan fingerprint density at radius 2 is 1.70 bits per heavy atom. The summed E-state index contributed by atoms with van der Waals surface area (Å²) in [6.07, 6.45) is 11.6. The van der Waals surface area contributed by atoms with E-state index in [0.717, 1.165) is 44.9 Å². The van der Waals surface area contributed by atoms with Crippen LogP contribution in [0.15, 0.2) is 35.9 Å². The minimum absolute atomic E-state index is 0.00632. The fourth-order valence-electron chi connectivity index (χ4n) is 11.9. The smallest absolute Gasteiger partial charge is 0.330 e.